The summed E-state index contributed by atoms with van der Waals surface area (Å²) in [5.74, 6) is 0.830. The lowest BCUT2D eigenvalue weighted by Crippen LogP contribution is -2.27. The summed E-state index contributed by atoms with van der Waals surface area (Å²) in [4.78, 5) is 14.3. The summed E-state index contributed by atoms with van der Waals surface area (Å²) < 4.78 is 20.6. The van der Waals surface area contributed by atoms with Crippen molar-refractivity contribution >= 4 is 66.8 Å². The average molecular weight is 572 g/mol. The van der Waals surface area contributed by atoms with E-state index in [-0.39, 0.29) is 17.1 Å². The van der Waals surface area contributed by atoms with Crippen LogP contribution in [0.5, 0.6) is 5.75 Å². The molecule has 1 fully saturated rings. The second kappa shape index (κ2) is 9.30. The van der Waals surface area contributed by atoms with E-state index < -0.39 is 0 Å². The van der Waals surface area contributed by atoms with E-state index >= 15 is 0 Å². The summed E-state index contributed by atoms with van der Waals surface area (Å²) >= 11 is 14.7. The third kappa shape index (κ3) is 4.69. The molecule has 4 rings (SSSR count). The van der Waals surface area contributed by atoms with E-state index in [1.807, 2.05) is 24.3 Å². The van der Waals surface area contributed by atoms with Crippen molar-refractivity contribution in [3.05, 3.63) is 91.6 Å². The van der Waals surface area contributed by atoms with Gasteiger partial charge in [-0.2, -0.15) is 0 Å². The van der Waals surface area contributed by atoms with Gasteiger partial charge in [0.2, 0.25) is 5.91 Å². The van der Waals surface area contributed by atoms with E-state index in [1.54, 1.807) is 40.9 Å². The first-order valence-electron chi connectivity index (χ1n) is 8.98. The maximum absolute atomic E-state index is 13.1. The van der Waals surface area contributed by atoms with E-state index in [1.165, 1.54) is 12.1 Å². The summed E-state index contributed by atoms with van der Waals surface area (Å²) in [7, 11) is 0. The Morgan fingerprint density at radius 3 is 2.33 bits per heavy atom. The summed E-state index contributed by atoms with van der Waals surface area (Å²) in [6.45, 7) is 0.310. The predicted octanol–water partition coefficient (Wildman–Crippen LogP) is 7.36. The number of halogens is 4. The second-order valence-electron chi connectivity index (χ2n) is 6.63. The average Bonchev–Trinajstić information content (AvgIpc) is 3.11. The fourth-order valence-corrected chi connectivity index (χ4v) is 5.88. The molecule has 3 nitrogen and oxygen atoms in total. The third-order valence-electron chi connectivity index (χ3n) is 4.57. The van der Waals surface area contributed by atoms with Gasteiger partial charge in [0.15, 0.2) is 0 Å². The summed E-state index contributed by atoms with van der Waals surface area (Å²) in [5, 5.41) is 0.472. The molecule has 1 aliphatic rings. The van der Waals surface area contributed by atoms with E-state index in [0.29, 0.717) is 23.1 Å². The Balaban J connectivity index is 1.58. The van der Waals surface area contributed by atoms with Gasteiger partial charge in [-0.15, -0.1) is 11.8 Å². The molecule has 0 N–H and O–H groups in total. The number of ether oxygens (including phenoxy) is 1. The minimum Gasteiger partial charge on any atom is -0.487 e. The molecular weight excluding hydrogens is 557 g/mol. The Labute approximate surface area is 199 Å². The fourth-order valence-electron chi connectivity index (χ4n) is 3.15. The molecule has 0 unspecified atom stereocenters. The Hall–Kier alpha value is -1.54. The highest BCUT2D eigenvalue weighted by Gasteiger charge is 2.34. The first kappa shape index (κ1) is 21.7. The number of thioether (sulfide) groups is 1. The molecule has 0 radical (unpaired) electrons. The molecule has 0 saturated carbocycles. The molecule has 1 atom stereocenters. The number of hydrogen-bond donors (Lipinski definition) is 0. The fraction of sp³-hybridized carbons (Fsp3) is 0.136. The van der Waals surface area contributed by atoms with Gasteiger partial charge in [0.1, 0.15) is 23.5 Å². The Bertz CT molecular complexity index is 1060. The van der Waals surface area contributed by atoms with E-state index in [4.69, 9.17) is 16.3 Å². The zero-order chi connectivity index (χ0) is 21.3. The standard InChI is InChI=1S/C22H15Br2ClFNO2S/c23-18-9-14(10-19(24)21(18)29-11-13-1-5-16(26)6-2-13)22-27(20(28)12-30-22)17-7-3-15(25)4-8-17/h1-10,22H,11-12H2/t22-/m1/s1. The molecular formula is C22H15Br2ClFNO2S. The van der Waals surface area contributed by atoms with Crippen LogP contribution in [0.4, 0.5) is 10.1 Å². The largest absolute Gasteiger partial charge is 0.487 e. The highest BCUT2D eigenvalue weighted by molar-refractivity contribution is 9.11. The van der Waals surface area contributed by atoms with Crippen molar-refractivity contribution in [2.45, 2.75) is 12.0 Å². The minimum atomic E-state index is -0.278. The number of nitrogens with zero attached hydrogens (tertiary/aromatic N) is 1. The minimum absolute atomic E-state index is 0.0520. The number of amides is 1. The van der Waals surface area contributed by atoms with E-state index in [9.17, 15) is 9.18 Å². The van der Waals surface area contributed by atoms with Gasteiger partial charge in [-0.1, -0.05) is 23.7 Å². The molecule has 30 heavy (non-hydrogen) atoms. The lowest BCUT2D eigenvalue weighted by molar-refractivity contribution is -0.115. The quantitative estimate of drug-likeness (QED) is 0.321. The van der Waals surface area contributed by atoms with Gasteiger partial charge in [-0.3, -0.25) is 9.69 Å². The molecule has 3 aromatic carbocycles. The highest BCUT2D eigenvalue weighted by atomic mass is 79.9. The second-order valence-corrected chi connectivity index (χ2v) is 9.85. The highest BCUT2D eigenvalue weighted by Crippen LogP contribution is 2.45. The molecule has 1 amide bonds. The van der Waals surface area contributed by atoms with Gasteiger partial charge in [0.05, 0.1) is 14.7 Å². The molecule has 1 saturated heterocycles. The van der Waals surface area contributed by atoms with Crippen LogP contribution in [0.3, 0.4) is 0 Å². The predicted molar refractivity (Wildman–Crippen MR) is 127 cm³/mol. The topological polar surface area (TPSA) is 29.5 Å². The molecule has 0 aromatic heterocycles. The van der Waals surface area contributed by atoms with Crippen LogP contribution < -0.4 is 9.64 Å². The van der Waals surface area contributed by atoms with Gasteiger partial charge in [-0.25, -0.2) is 4.39 Å². The van der Waals surface area contributed by atoms with Crippen LogP contribution in [0.25, 0.3) is 0 Å². The number of anilines is 1. The molecule has 154 valence electrons. The smallest absolute Gasteiger partial charge is 0.238 e. The SMILES string of the molecule is O=C1CS[C@H](c2cc(Br)c(OCc3ccc(F)cc3)c(Br)c2)N1c1ccc(Cl)cc1. The number of carbonyl (C=O) groups is 1. The van der Waals surface area contributed by atoms with Crippen LogP contribution in [0, 0.1) is 5.82 Å². The van der Waals surface area contributed by atoms with Crippen molar-refractivity contribution in [1.29, 1.82) is 0 Å². The van der Waals surface area contributed by atoms with Crippen molar-refractivity contribution in [2.75, 3.05) is 10.7 Å². The van der Waals surface area contributed by atoms with Crippen molar-refractivity contribution in [3.8, 4) is 5.75 Å². The summed E-state index contributed by atoms with van der Waals surface area (Å²) in [6, 6.07) is 17.4. The zero-order valence-corrected chi connectivity index (χ0v) is 20.2. The third-order valence-corrected chi connectivity index (χ3v) is 7.22. The maximum Gasteiger partial charge on any atom is 0.238 e. The molecule has 1 heterocycles. The Kier molecular flexibility index (Phi) is 6.72. The molecule has 1 aliphatic heterocycles. The number of benzene rings is 3. The van der Waals surface area contributed by atoms with Gasteiger partial charge < -0.3 is 4.74 Å². The Morgan fingerprint density at radius 2 is 1.70 bits per heavy atom. The summed E-state index contributed by atoms with van der Waals surface area (Å²) in [5.41, 5.74) is 2.64. The summed E-state index contributed by atoms with van der Waals surface area (Å²) in [6.07, 6.45) is 0. The van der Waals surface area contributed by atoms with Gasteiger partial charge in [0, 0.05) is 10.7 Å². The monoisotopic (exact) mass is 569 g/mol. The van der Waals surface area contributed by atoms with Crippen LogP contribution in [-0.2, 0) is 11.4 Å². The van der Waals surface area contributed by atoms with Crippen molar-refractivity contribution in [1.82, 2.24) is 0 Å². The van der Waals surface area contributed by atoms with E-state index in [0.717, 1.165) is 25.8 Å². The van der Waals surface area contributed by atoms with Gasteiger partial charge >= 0.3 is 0 Å². The molecule has 0 bridgehead atoms. The maximum atomic E-state index is 13.1. The van der Waals surface area contributed by atoms with Crippen molar-refractivity contribution in [3.63, 3.8) is 0 Å². The first-order valence-corrected chi connectivity index (χ1v) is 12.0. The first-order chi connectivity index (χ1) is 14.4. The van der Waals surface area contributed by atoms with Crippen molar-refractivity contribution in [2.24, 2.45) is 0 Å². The lowest BCUT2D eigenvalue weighted by Gasteiger charge is -2.25. The number of carbonyl (C=O) groups excluding carboxylic acids is 1. The molecule has 0 aliphatic carbocycles. The lowest BCUT2D eigenvalue weighted by atomic mass is 10.1. The normalized spacial score (nSPS) is 16.2. The van der Waals surface area contributed by atoms with Crippen LogP contribution >= 0.6 is 55.2 Å². The van der Waals surface area contributed by atoms with Gasteiger partial charge in [-0.05, 0) is 91.5 Å². The zero-order valence-electron chi connectivity index (χ0n) is 15.4. The van der Waals surface area contributed by atoms with Crippen LogP contribution in [0.2, 0.25) is 5.02 Å². The van der Waals surface area contributed by atoms with Crippen LogP contribution in [0.1, 0.15) is 16.5 Å². The number of hydrogen-bond acceptors (Lipinski definition) is 3. The molecule has 3 aromatic rings. The molecule has 0 spiro atoms. The van der Waals surface area contributed by atoms with E-state index in [2.05, 4.69) is 31.9 Å². The van der Waals surface area contributed by atoms with Crippen LogP contribution in [-0.4, -0.2) is 11.7 Å². The number of rotatable bonds is 5. The molecule has 8 heteroatoms. The van der Waals surface area contributed by atoms with Crippen LogP contribution in [0.15, 0.2) is 69.6 Å². The Morgan fingerprint density at radius 1 is 1.07 bits per heavy atom. The van der Waals surface area contributed by atoms with Crippen molar-refractivity contribution < 1.29 is 13.9 Å². The van der Waals surface area contributed by atoms with Gasteiger partial charge in [0.25, 0.3) is 0 Å².